The summed E-state index contributed by atoms with van der Waals surface area (Å²) in [4.78, 5) is 42.6. The van der Waals surface area contributed by atoms with Crippen LogP contribution in [0.3, 0.4) is 0 Å². The molecule has 4 rings (SSSR count). The first-order valence-electron chi connectivity index (χ1n) is 7.97. The number of rotatable bonds is 3. The normalized spacial score (nSPS) is 11.1. The van der Waals surface area contributed by atoms with Crippen LogP contribution in [0.15, 0.2) is 75.6 Å². The Morgan fingerprint density at radius 1 is 0.923 bits per heavy atom. The van der Waals surface area contributed by atoms with Crippen molar-refractivity contribution < 1.29 is 0 Å². The van der Waals surface area contributed by atoms with Crippen LogP contribution in [0, 0.1) is 0 Å². The Morgan fingerprint density at radius 2 is 1.58 bits per heavy atom. The molecule has 0 spiro atoms. The number of nitrogens with zero attached hydrogens (tertiary/aromatic N) is 3. The maximum absolute atomic E-state index is 12.9. The van der Waals surface area contributed by atoms with Crippen LogP contribution in [0.25, 0.3) is 27.6 Å². The largest absolute Gasteiger partial charge is 0.280 e. The molecule has 128 valence electrons. The van der Waals surface area contributed by atoms with Gasteiger partial charge in [-0.05, 0) is 24.3 Å². The van der Waals surface area contributed by atoms with Crippen LogP contribution >= 0.6 is 0 Å². The van der Waals surface area contributed by atoms with Crippen LogP contribution in [0.4, 0.5) is 0 Å². The van der Waals surface area contributed by atoms with Gasteiger partial charge in [0.15, 0.2) is 0 Å². The number of nitrogens with one attached hydrogen (secondary N) is 1. The molecule has 0 atom stereocenters. The average Bonchev–Trinajstić information content (AvgIpc) is 2.67. The summed E-state index contributed by atoms with van der Waals surface area (Å²) >= 11 is 0. The minimum absolute atomic E-state index is 0.0430. The average molecular weight is 346 g/mol. The molecule has 7 nitrogen and oxygen atoms in total. The fourth-order valence-electron chi connectivity index (χ4n) is 2.96. The van der Waals surface area contributed by atoms with E-state index in [1.54, 1.807) is 48.5 Å². The quantitative estimate of drug-likeness (QED) is 0.570. The van der Waals surface area contributed by atoms with E-state index in [-0.39, 0.29) is 28.8 Å². The van der Waals surface area contributed by atoms with Crippen LogP contribution in [-0.2, 0) is 6.54 Å². The van der Waals surface area contributed by atoms with Gasteiger partial charge in [0.25, 0.3) is 16.7 Å². The number of H-pyrrole nitrogens is 1. The van der Waals surface area contributed by atoms with Gasteiger partial charge in [0.05, 0.1) is 21.7 Å². The van der Waals surface area contributed by atoms with E-state index in [1.807, 2.05) is 0 Å². The maximum atomic E-state index is 12.9. The number of hydrogen-bond acceptors (Lipinski definition) is 4. The minimum atomic E-state index is -0.458. The summed E-state index contributed by atoms with van der Waals surface area (Å²) in [6.45, 7) is 3.80. The fourth-order valence-corrected chi connectivity index (χ4v) is 2.96. The number of benzene rings is 2. The summed E-state index contributed by atoms with van der Waals surface area (Å²) in [7, 11) is 0. The van der Waals surface area contributed by atoms with E-state index in [2.05, 4.69) is 16.7 Å². The standard InChI is InChI=1S/C19H14N4O3/c1-2-11-22-17(25)14-9-5-6-10-15(14)20-19(22)23-18(26)13-8-4-3-7-12(13)16(24)21-23/h2-10H,1,11H2,(H,21,24). The molecule has 1 N–H and O–H groups in total. The molecule has 2 heterocycles. The van der Waals surface area contributed by atoms with Gasteiger partial charge in [-0.1, -0.05) is 30.3 Å². The van der Waals surface area contributed by atoms with E-state index in [0.29, 0.717) is 10.9 Å². The number of hydrogen-bond donors (Lipinski definition) is 1. The van der Waals surface area contributed by atoms with Crippen molar-refractivity contribution in [2.75, 3.05) is 0 Å². The predicted molar refractivity (Wildman–Crippen MR) is 99.9 cm³/mol. The molecule has 4 aromatic rings. The summed E-state index contributed by atoms with van der Waals surface area (Å²) in [5, 5.41) is 3.48. The Morgan fingerprint density at radius 3 is 2.31 bits per heavy atom. The lowest BCUT2D eigenvalue weighted by Gasteiger charge is -2.13. The zero-order chi connectivity index (χ0) is 18.3. The van der Waals surface area contributed by atoms with Crippen LogP contribution in [0.2, 0.25) is 0 Å². The van der Waals surface area contributed by atoms with Crippen molar-refractivity contribution in [1.82, 2.24) is 19.3 Å². The molecule has 2 aromatic carbocycles. The Balaban J connectivity index is 2.17. The molecular weight excluding hydrogens is 332 g/mol. The number of fused-ring (bicyclic) bond motifs is 2. The minimum Gasteiger partial charge on any atom is -0.273 e. The zero-order valence-corrected chi connectivity index (χ0v) is 13.7. The SMILES string of the molecule is C=CCn1c(-n2[nH]c(=O)c3ccccc3c2=O)nc2ccccc2c1=O. The van der Waals surface area contributed by atoms with E-state index < -0.39 is 11.1 Å². The third kappa shape index (κ3) is 2.29. The highest BCUT2D eigenvalue weighted by Gasteiger charge is 2.15. The molecule has 0 aliphatic carbocycles. The number of para-hydroxylation sites is 1. The lowest BCUT2D eigenvalue weighted by Crippen LogP contribution is -2.35. The molecule has 0 unspecified atom stereocenters. The predicted octanol–water partition coefficient (Wildman–Crippen LogP) is 1.57. The summed E-state index contributed by atoms with van der Waals surface area (Å²) in [5.74, 6) is 0.0430. The van der Waals surface area contributed by atoms with Gasteiger partial charge in [-0.3, -0.25) is 24.0 Å². The van der Waals surface area contributed by atoms with Gasteiger partial charge in [0.2, 0.25) is 5.95 Å². The zero-order valence-electron chi connectivity index (χ0n) is 13.7. The van der Waals surface area contributed by atoms with Gasteiger partial charge in [0, 0.05) is 6.54 Å². The van der Waals surface area contributed by atoms with Crippen LogP contribution < -0.4 is 16.7 Å². The van der Waals surface area contributed by atoms with Gasteiger partial charge in [-0.2, -0.15) is 4.68 Å². The Labute approximate surface area is 146 Å². The first kappa shape index (κ1) is 15.8. The van der Waals surface area contributed by atoms with Gasteiger partial charge < -0.3 is 0 Å². The van der Waals surface area contributed by atoms with Crippen molar-refractivity contribution >= 4 is 21.7 Å². The maximum Gasteiger partial charge on any atom is 0.280 e. The third-order valence-corrected chi connectivity index (χ3v) is 4.17. The van der Waals surface area contributed by atoms with Crippen LogP contribution in [-0.4, -0.2) is 19.3 Å². The highest BCUT2D eigenvalue weighted by molar-refractivity contribution is 5.81. The van der Waals surface area contributed by atoms with Crippen molar-refractivity contribution in [1.29, 1.82) is 0 Å². The topological polar surface area (TPSA) is 89.8 Å². The Kier molecular flexibility index (Phi) is 3.62. The molecule has 0 amide bonds. The van der Waals surface area contributed by atoms with E-state index >= 15 is 0 Å². The van der Waals surface area contributed by atoms with Crippen molar-refractivity contribution in [3.8, 4) is 5.95 Å². The first-order valence-corrected chi connectivity index (χ1v) is 7.97. The molecule has 0 aliphatic rings. The Bertz CT molecular complexity index is 1340. The highest BCUT2D eigenvalue weighted by Crippen LogP contribution is 2.10. The lowest BCUT2D eigenvalue weighted by atomic mass is 10.2. The van der Waals surface area contributed by atoms with Crippen LogP contribution in [0.1, 0.15) is 0 Å². The summed E-state index contributed by atoms with van der Waals surface area (Å²) in [5.41, 5.74) is -0.770. The number of allylic oxidation sites excluding steroid dienone is 1. The molecule has 0 saturated heterocycles. The molecule has 0 aliphatic heterocycles. The second-order valence-corrected chi connectivity index (χ2v) is 5.76. The van der Waals surface area contributed by atoms with E-state index in [0.717, 1.165) is 4.68 Å². The summed E-state index contributed by atoms with van der Waals surface area (Å²) in [6, 6.07) is 13.4. The molecule has 0 fully saturated rings. The smallest absolute Gasteiger partial charge is 0.273 e. The van der Waals surface area contributed by atoms with Gasteiger partial charge in [-0.15, -0.1) is 6.58 Å². The monoisotopic (exact) mass is 346 g/mol. The molecule has 2 aromatic heterocycles. The number of aromatic nitrogens is 4. The highest BCUT2D eigenvalue weighted by atomic mass is 16.2. The first-order chi connectivity index (χ1) is 12.6. The fraction of sp³-hybridized carbons (Fsp3) is 0.0526. The molecule has 0 radical (unpaired) electrons. The Hall–Kier alpha value is -3.74. The van der Waals surface area contributed by atoms with E-state index in [4.69, 9.17) is 0 Å². The van der Waals surface area contributed by atoms with Crippen LogP contribution in [0.5, 0.6) is 0 Å². The van der Waals surface area contributed by atoms with Gasteiger partial charge >= 0.3 is 0 Å². The molecular formula is C19H14N4O3. The molecule has 26 heavy (non-hydrogen) atoms. The van der Waals surface area contributed by atoms with E-state index in [9.17, 15) is 14.4 Å². The summed E-state index contributed by atoms with van der Waals surface area (Å²) < 4.78 is 2.32. The number of aromatic amines is 1. The van der Waals surface area contributed by atoms with Crippen molar-refractivity contribution in [2.24, 2.45) is 0 Å². The summed E-state index contributed by atoms with van der Waals surface area (Å²) in [6.07, 6.45) is 1.53. The molecule has 0 saturated carbocycles. The van der Waals surface area contributed by atoms with Crippen molar-refractivity contribution in [3.05, 3.63) is 92.2 Å². The second kappa shape index (κ2) is 5.96. The lowest BCUT2D eigenvalue weighted by molar-refractivity contribution is 0.655. The van der Waals surface area contributed by atoms with Crippen molar-refractivity contribution in [2.45, 2.75) is 6.54 Å². The van der Waals surface area contributed by atoms with E-state index in [1.165, 1.54) is 10.6 Å². The molecule has 0 bridgehead atoms. The second-order valence-electron chi connectivity index (χ2n) is 5.76. The van der Waals surface area contributed by atoms with Crippen molar-refractivity contribution in [3.63, 3.8) is 0 Å². The molecule has 7 heteroatoms. The van der Waals surface area contributed by atoms with Gasteiger partial charge in [-0.25, -0.2) is 4.98 Å². The third-order valence-electron chi connectivity index (χ3n) is 4.17. The van der Waals surface area contributed by atoms with Gasteiger partial charge in [0.1, 0.15) is 0 Å².